The van der Waals surface area contributed by atoms with Crippen molar-refractivity contribution in [2.45, 2.75) is 25.3 Å². The summed E-state index contributed by atoms with van der Waals surface area (Å²) >= 11 is 0. The molecule has 0 saturated carbocycles. The minimum atomic E-state index is -0.622. The molecule has 1 atom stereocenters. The third kappa shape index (κ3) is 2.61. The molecule has 1 saturated heterocycles. The van der Waals surface area contributed by atoms with E-state index in [4.69, 9.17) is 5.73 Å². The van der Waals surface area contributed by atoms with Crippen molar-refractivity contribution in [3.8, 4) is 0 Å². The summed E-state index contributed by atoms with van der Waals surface area (Å²) in [5.74, 6) is -0.770. The molecular formula is C17H19N7O2. The van der Waals surface area contributed by atoms with Crippen molar-refractivity contribution in [3.05, 3.63) is 47.7 Å². The van der Waals surface area contributed by atoms with Gasteiger partial charge in [0, 0.05) is 31.5 Å². The van der Waals surface area contributed by atoms with Crippen LogP contribution in [0.2, 0.25) is 0 Å². The molecule has 2 amide bonds. The van der Waals surface area contributed by atoms with Crippen LogP contribution in [0, 0.1) is 0 Å². The van der Waals surface area contributed by atoms with Gasteiger partial charge in [-0.25, -0.2) is 9.50 Å². The van der Waals surface area contributed by atoms with E-state index in [-0.39, 0.29) is 17.5 Å². The molecular weight excluding hydrogens is 334 g/mol. The maximum atomic E-state index is 13.3. The maximum Gasteiger partial charge on any atom is 0.273 e. The SMILES string of the molecule is Cn1cc(C2CCCCN2C(=O)c2ccnc3c(C(N)=O)cnn23)cn1. The van der Waals surface area contributed by atoms with Crippen LogP contribution < -0.4 is 5.73 Å². The summed E-state index contributed by atoms with van der Waals surface area (Å²) in [7, 11) is 1.86. The number of nitrogens with zero attached hydrogens (tertiary/aromatic N) is 6. The Hall–Kier alpha value is -3.23. The second-order valence-corrected chi connectivity index (χ2v) is 6.45. The maximum absolute atomic E-state index is 13.3. The molecule has 9 heteroatoms. The second kappa shape index (κ2) is 6.25. The number of aryl methyl sites for hydroxylation is 1. The first-order valence-electron chi connectivity index (χ1n) is 8.48. The van der Waals surface area contributed by atoms with E-state index in [2.05, 4.69) is 15.2 Å². The minimum absolute atomic E-state index is 0.0284. The van der Waals surface area contributed by atoms with E-state index < -0.39 is 5.91 Å². The largest absolute Gasteiger partial charge is 0.365 e. The van der Waals surface area contributed by atoms with Crippen molar-refractivity contribution in [1.82, 2.24) is 29.3 Å². The zero-order chi connectivity index (χ0) is 18.3. The van der Waals surface area contributed by atoms with Crippen LogP contribution in [0.1, 0.15) is 51.7 Å². The lowest BCUT2D eigenvalue weighted by molar-refractivity contribution is 0.0602. The Morgan fingerprint density at radius 2 is 2.08 bits per heavy atom. The average molecular weight is 353 g/mol. The number of amides is 2. The summed E-state index contributed by atoms with van der Waals surface area (Å²) in [5, 5.41) is 8.38. The molecule has 0 aliphatic carbocycles. The van der Waals surface area contributed by atoms with Gasteiger partial charge in [0.2, 0.25) is 0 Å². The highest BCUT2D eigenvalue weighted by atomic mass is 16.2. The van der Waals surface area contributed by atoms with E-state index in [0.29, 0.717) is 17.9 Å². The Bertz CT molecular complexity index is 990. The fraction of sp³-hybridized carbons (Fsp3) is 0.353. The van der Waals surface area contributed by atoms with Gasteiger partial charge in [0.25, 0.3) is 11.8 Å². The molecule has 3 aromatic heterocycles. The fourth-order valence-electron chi connectivity index (χ4n) is 3.51. The predicted octanol–water partition coefficient (Wildman–Crippen LogP) is 0.929. The summed E-state index contributed by atoms with van der Waals surface area (Å²) in [6, 6.07) is 1.58. The number of likely N-dealkylation sites (tertiary alicyclic amines) is 1. The van der Waals surface area contributed by atoms with E-state index in [1.807, 2.05) is 18.1 Å². The highest BCUT2D eigenvalue weighted by Crippen LogP contribution is 2.31. The molecule has 134 valence electrons. The Balaban J connectivity index is 1.74. The number of fused-ring (bicyclic) bond motifs is 1. The van der Waals surface area contributed by atoms with Crippen LogP contribution in [0.5, 0.6) is 0 Å². The number of carbonyl (C=O) groups excluding carboxylic acids is 2. The normalized spacial score (nSPS) is 17.6. The fourth-order valence-corrected chi connectivity index (χ4v) is 3.51. The summed E-state index contributed by atoms with van der Waals surface area (Å²) in [4.78, 5) is 30.8. The van der Waals surface area contributed by atoms with Gasteiger partial charge in [0.15, 0.2) is 5.65 Å². The van der Waals surface area contributed by atoms with Crippen LogP contribution in [-0.4, -0.2) is 47.6 Å². The Labute approximate surface area is 149 Å². The Morgan fingerprint density at radius 1 is 1.23 bits per heavy atom. The lowest BCUT2D eigenvalue weighted by Gasteiger charge is -2.35. The average Bonchev–Trinajstić information content (AvgIpc) is 3.27. The molecule has 4 rings (SSSR count). The quantitative estimate of drug-likeness (QED) is 0.753. The lowest BCUT2D eigenvalue weighted by Crippen LogP contribution is -2.39. The number of piperidine rings is 1. The Morgan fingerprint density at radius 3 is 2.81 bits per heavy atom. The molecule has 2 N–H and O–H groups in total. The molecule has 1 aliphatic heterocycles. The van der Waals surface area contributed by atoms with E-state index in [1.165, 1.54) is 16.9 Å². The summed E-state index contributed by atoms with van der Waals surface area (Å²) in [6.45, 7) is 0.659. The molecule has 3 aromatic rings. The van der Waals surface area contributed by atoms with Crippen molar-refractivity contribution >= 4 is 17.5 Å². The number of primary amides is 1. The number of carbonyl (C=O) groups is 2. The van der Waals surface area contributed by atoms with E-state index in [1.54, 1.807) is 16.9 Å². The smallest absolute Gasteiger partial charge is 0.273 e. The molecule has 26 heavy (non-hydrogen) atoms. The van der Waals surface area contributed by atoms with Crippen LogP contribution in [0.3, 0.4) is 0 Å². The van der Waals surface area contributed by atoms with Gasteiger partial charge in [0.05, 0.1) is 18.4 Å². The zero-order valence-corrected chi connectivity index (χ0v) is 14.4. The summed E-state index contributed by atoms with van der Waals surface area (Å²) in [5.41, 5.74) is 7.22. The lowest BCUT2D eigenvalue weighted by atomic mass is 9.97. The standard InChI is InChI=1S/C17H19N7O2/c1-22-10-11(8-20-22)13-4-2-3-7-23(13)17(26)14-5-6-19-16-12(15(18)25)9-21-24(14)16/h5-6,8-10,13H,2-4,7H2,1H3,(H2,18,25). The van der Waals surface area contributed by atoms with Crippen LogP contribution in [-0.2, 0) is 7.05 Å². The van der Waals surface area contributed by atoms with Gasteiger partial charge >= 0.3 is 0 Å². The third-order valence-electron chi connectivity index (χ3n) is 4.76. The van der Waals surface area contributed by atoms with Crippen molar-refractivity contribution < 1.29 is 9.59 Å². The van der Waals surface area contributed by atoms with Gasteiger partial charge in [-0.05, 0) is 25.3 Å². The third-order valence-corrected chi connectivity index (χ3v) is 4.76. The van der Waals surface area contributed by atoms with Crippen molar-refractivity contribution in [2.24, 2.45) is 12.8 Å². The molecule has 0 bridgehead atoms. The molecule has 0 radical (unpaired) electrons. The van der Waals surface area contributed by atoms with Gasteiger partial charge in [-0.2, -0.15) is 10.2 Å². The first-order chi connectivity index (χ1) is 12.6. The van der Waals surface area contributed by atoms with Gasteiger partial charge in [-0.3, -0.25) is 14.3 Å². The van der Waals surface area contributed by atoms with Crippen LogP contribution in [0.4, 0.5) is 0 Å². The number of aromatic nitrogens is 5. The molecule has 1 unspecified atom stereocenters. The minimum Gasteiger partial charge on any atom is -0.365 e. The van der Waals surface area contributed by atoms with Gasteiger partial charge in [0.1, 0.15) is 11.3 Å². The van der Waals surface area contributed by atoms with Crippen LogP contribution in [0.25, 0.3) is 5.65 Å². The number of hydrogen-bond acceptors (Lipinski definition) is 5. The van der Waals surface area contributed by atoms with Crippen LogP contribution >= 0.6 is 0 Å². The first-order valence-corrected chi connectivity index (χ1v) is 8.48. The van der Waals surface area contributed by atoms with Crippen molar-refractivity contribution in [2.75, 3.05) is 6.54 Å². The summed E-state index contributed by atoms with van der Waals surface area (Å²) < 4.78 is 3.13. The monoisotopic (exact) mass is 353 g/mol. The highest BCUT2D eigenvalue weighted by Gasteiger charge is 2.31. The highest BCUT2D eigenvalue weighted by molar-refractivity contribution is 6.00. The number of rotatable bonds is 3. The molecule has 0 spiro atoms. The van der Waals surface area contributed by atoms with E-state index >= 15 is 0 Å². The van der Waals surface area contributed by atoms with E-state index in [0.717, 1.165) is 24.8 Å². The molecule has 1 aliphatic rings. The predicted molar refractivity (Wildman–Crippen MR) is 92.3 cm³/mol. The first kappa shape index (κ1) is 16.2. The van der Waals surface area contributed by atoms with Gasteiger partial charge < -0.3 is 10.6 Å². The number of nitrogens with two attached hydrogens (primary N) is 1. The molecule has 9 nitrogen and oxygen atoms in total. The topological polar surface area (TPSA) is 111 Å². The van der Waals surface area contributed by atoms with E-state index in [9.17, 15) is 9.59 Å². The summed E-state index contributed by atoms with van der Waals surface area (Å²) in [6.07, 6.45) is 9.48. The van der Waals surface area contributed by atoms with Gasteiger partial charge in [-0.15, -0.1) is 0 Å². The second-order valence-electron chi connectivity index (χ2n) is 6.45. The van der Waals surface area contributed by atoms with Crippen molar-refractivity contribution in [1.29, 1.82) is 0 Å². The number of hydrogen-bond donors (Lipinski definition) is 1. The Kier molecular flexibility index (Phi) is 3.90. The zero-order valence-electron chi connectivity index (χ0n) is 14.4. The van der Waals surface area contributed by atoms with Crippen LogP contribution in [0.15, 0.2) is 30.9 Å². The van der Waals surface area contributed by atoms with Crippen molar-refractivity contribution in [3.63, 3.8) is 0 Å². The molecule has 4 heterocycles. The molecule has 1 fully saturated rings. The van der Waals surface area contributed by atoms with Gasteiger partial charge in [-0.1, -0.05) is 0 Å². The molecule has 0 aromatic carbocycles.